The van der Waals surface area contributed by atoms with Gasteiger partial charge in [-0.2, -0.15) is 0 Å². The third kappa shape index (κ3) is 4.77. The summed E-state index contributed by atoms with van der Waals surface area (Å²) in [7, 11) is 0. The topological polar surface area (TPSA) is 104 Å². The molecule has 0 saturated heterocycles. The number of carboxylic acids is 1. The molecule has 0 aromatic carbocycles. The van der Waals surface area contributed by atoms with Gasteiger partial charge in [0, 0.05) is 11.5 Å². The van der Waals surface area contributed by atoms with Crippen molar-refractivity contribution < 1.29 is 14.7 Å². The Morgan fingerprint density at radius 3 is 2.71 bits per heavy atom. The van der Waals surface area contributed by atoms with Crippen molar-refractivity contribution in [3.05, 3.63) is 6.20 Å². The van der Waals surface area contributed by atoms with Crippen LogP contribution in [0.15, 0.2) is 6.20 Å². The van der Waals surface area contributed by atoms with Gasteiger partial charge in [-0.05, 0) is 12.3 Å². The highest BCUT2D eigenvalue weighted by atomic mass is 32.1. The van der Waals surface area contributed by atoms with E-state index in [1.54, 1.807) is 0 Å². The van der Waals surface area contributed by atoms with Crippen LogP contribution >= 0.6 is 11.5 Å². The molecule has 0 aliphatic rings. The number of aromatic nitrogens is 2. The smallest absolute Gasteiger partial charge is 0.326 e. The third-order valence-corrected chi connectivity index (χ3v) is 2.49. The zero-order valence-electron chi connectivity index (χ0n) is 9.51. The maximum atomic E-state index is 11.5. The van der Waals surface area contributed by atoms with Crippen LogP contribution < -0.4 is 10.6 Å². The molecule has 1 atom stereocenters. The Kier molecular flexibility index (Phi) is 4.83. The van der Waals surface area contributed by atoms with E-state index in [0.717, 1.165) is 11.5 Å². The number of carboxylic acid groups (broad SMARTS) is 1. The summed E-state index contributed by atoms with van der Waals surface area (Å²) in [5.74, 6) is -0.863. The second-order valence-electron chi connectivity index (χ2n) is 3.90. The average Bonchev–Trinajstić information content (AvgIpc) is 2.68. The molecule has 0 fully saturated rings. The standard InChI is InChI=1S/C9H14N4O3S/c1-5(2)3-6(8(14)15)11-9(16)12-7-4-10-13-17-7/h4-6H,3H2,1-2H3,(H,14,15)(H2,11,12,16)/t6-/m1/s1. The molecule has 1 heterocycles. The highest BCUT2D eigenvalue weighted by Crippen LogP contribution is 2.09. The Labute approximate surface area is 102 Å². The third-order valence-electron chi connectivity index (χ3n) is 1.91. The van der Waals surface area contributed by atoms with Gasteiger partial charge in [0.15, 0.2) is 0 Å². The fraction of sp³-hybridized carbons (Fsp3) is 0.556. The molecular formula is C9H14N4O3S. The van der Waals surface area contributed by atoms with E-state index in [9.17, 15) is 9.59 Å². The fourth-order valence-corrected chi connectivity index (χ4v) is 1.64. The van der Waals surface area contributed by atoms with Crippen LogP contribution in [0, 0.1) is 5.92 Å². The summed E-state index contributed by atoms with van der Waals surface area (Å²) in [5.41, 5.74) is 0. The predicted octanol–water partition coefficient (Wildman–Crippen LogP) is 1.16. The van der Waals surface area contributed by atoms with Crippen LogP contribution in [-0.2, 0) is 4.79 Å². The van der Waals surface area contributed by atoms with Crippen LogP contribution in [0.3, 0.4) is 0 Å². The van der Waals surface area contributed by atoms with E-state index in [1.807, 2.05) is 13.8 Å². The van der Waals surface area contributed by atoms with E-state index in [-0.39, 0.29) is 5.92 Å². The fourth-order valence-electron chi connectivity index (χ4n) is 1.22. The SMILES string of the molecule is CC(C)C[C@@H](NC(=O)Nc1cnns1)C(=O)O. The molecule has 1 aromatic rings. The van der Waals surface area contributed by atoms with Gasteiger partial charge in [-0.25, -0.2) is 9.59 Å². The molecule has 0 unspecified atom stereocenters. The highest BCUT2D eigenvalue weighted by Gasteiger charge is 2.21. The lowest BCUT2D eigenvalue weighted by Gasteiger charge is -2.16. The van der Waals surface area contributed by atoms with Crippen LogP contribution in [0.1, 0.15) is 20.3 Å². The Morgan fingerprint density at radius 1 is 1.53 bits per heavy atom. The van der Waals surface area contributed by atoms with Gasteiger partial charge in [0.05, 0.1) is 6.20 Å². The number of anilines is 1. The van der Waals surface area contributed by atoms with Crippen molar-refractivity contribution in [2.24, 2.45) is 5.92 Å². The van der Waals surface area contributed by atoms with Crippen molar-refractivity contribution in [3.8, 4) is 0 Å². The number of hydrogen-bond donors (Lipinski definition) is 3. The van der Waals surface area contributed by atoms with Crippen molar-refractivity contribution in [3.63, 3.8) is 0 Å². The monoisotopic (exact) mass is 258 g/mol. The van der Waals surface area contributed by atoms with Crippen LogP contribution in [-0.4, -0.2) is 32.7 Å². The first-order valence-corrected chi connectivity index (χ1v) is 5.84. The number of amides is 2. The Morgan fingerprint density at radius 2 is 2.24 bits per heavy atom. The van der Waals surface area contributed by atoms with E-state index in [4.69, 9.17) is 5.11 Å². The van der Waals surface area contributed by atoms with Crippen LogP contribution in [0.4, 0.5) is 9.80 Å². The number of nitrogens with zero attached hydrogens (tertiary/aromatic N) is 2. The highest BCUT2D eigenvalue weighted by molar-refractivity contribution is 7.10. The molecule has 0 aliphatic heterocycles. The Hall–Kier alpha value is -1.70. The molecule has 0 radical (unpaired) electrons. The maximum Gasteiger partial charge on any atom is 0.326 e. The molecule has 0 spiro atoms. The van der Waals surface area contributed by atoms with E-state index in [2.05, 4.69) is 20.2 Å². The van der Waals surface area contributed by atoms with E-state index in [0.29, 0.717) is 11.4 Å². The average molecular weight is 258 g/mol. The van der Waals surface area contributed by atoms with E-state index < -0.39 is 18.0 Å². The molecule has 1 rings (SSSR count). The van der Waals surface area contributed by atoms with E-state index >= 15 is 0 Å². The van der Waals surface area contributed by atoms with Crippen LogP contribution in [0.25, 0.3) is 0 Å². The summed E-state index contributed by atoms with van der Waals surface area (Å²) >= 11 is 1.02. The summed E-state index contributed by atoms with van der Waals surface area (Å²) < 4.78 is 3.57. The zero-order valence-corrected chi connectivity index (χ0v) is 10.3. The molecule has 0 aliphatic carbocycles. The van der Waals surface area contributed by atoms with Gasteiger partial charge in [0.25, 0.3) is 0 Å². The summed E-state index contributed by atoms with van der Waals surface area (Å²) in [6, 6.07) is -1.46. The zero-order chi connectivity index (χ0) is 12.8. The lowest BCUT2D eigenvalue weighted by Crippen LogP contribution is -2.43. The Bertz CT molecular complexity index is 380. The normalized spacial score (nSPS) is 12.2. The van der Waals surface area contributed by atoms with Crippen molar-refractivity contribution in [1.29, 1.82) is 0 Å². The molecule has 1 aromatic heterocycles. The molecule has 0 saturated carbocycles. The molecule has 7 nitrogen and oxygen atoms in total. The lowest BCUT2D eigenvalue weighted by molar-refractivity contribution is -0.139. The number of urea groups is 1. The number of nitrogens with one attached hydrogen (secondary N) is 2. The second-order valence-corrected chi connectivity index (χ2v) is 4.69. The molecule has 2 amide bonds. The van der Waals surface area contributed by atoms with Crippen molar-refractivity contribution in [2.75, 3.05) is 5.32 Å². The Balaban J connectivity index is 2.49. The molecule has 17 heavy (non-hydrogen) atoms. The summed E-state index contributed by atoms with van der Waals surface area (Å²) in [6.07, 6.45) is 1.77. The number of hydrogen-bond acceptors (Lipinski definition) is 5. The minimum Gasteiger partial charge on any atom is -0.480 e. The molecular weight excluding hydrogens is 244 g/mol. The van der Waals surface area contributed by atoms with Crippen molar-refractivity contribution >= 4 is 28.5 Å². The molecule has 0 bridgehead atoms. The van der Waals surface area contributed by atoms with Crippen molar-refractivity contribution in [1.82, 2.24) is 14.9 Å². The summed E-state index contributed by atoms with van der Waals surface area (Å²) in [6.45, 7) is 3.78. The first kappa shape index (κ1) is 13.4. The quantitative estimate of drug-likeness (QED) is 0.735. The van der Waals surface area contributed by atoms with Crippen LogP contribution in [0.5, 0.6) is 0 Å². The maximum absolute atomic E-state index is 11.5. The van der Waals surface area contributed by atoms with Gasteiger partial charge < -0.3 is 10.4 Å². The minimum absolute atomic E-state index is 0.182. The van der Waals surface area contributed by atoms with Gasteiger partial charge in [0.1, 0.15) is 11.0 Å². The summed E-state index contributed by atoms with van der Waals surface area (Å²) in [5, 5.41) is 17.8. The molecule has 8 heteroatoms. The number of rotatable bonds is 5. The number of carbonyl (C=O) groups excluding carboxylic acids is 1. The van der Waals surface area contributed by atoms with Gasteiger partial charge in [-0.1, -0.05) is 18.3 Å². The summed E-state index contributed by atoms with van der Waals surface area (Å²) in [4.78, 5) is 22.4. The van der Waals surface area contributed by atoms with Crippen molar-refractivity contribution in [2.45, 2.75) is 26.3 Å². The number of carbonyl (C=O) groups is 2. The number of aliphatic carboxylic acids is 1. The molecule has 94 valence electrons. The molecule has 3 N–H and O–H groups in total. The van der Waals surface area contributed by atoms with Gasteiger partial charge in [0.2, 0.25) is 0 Å². The second kappa shape index (κ2) is 6.14. The van der Waals surface area contributed by atoms with Crippen LogP contribution in [0.2, 0.25) is 0 Å². The van der Waals surface area contributed by atoms with Gasteiger partial charge >= 0.3 is 12.0 Å². The van der Waals surface area contributed by atoms with Gasteiger partial charge in [-0.15, -0.1) is 5.10 Å². The largest absolute Gasteiger partial charge is 0.480 e. The lowest BCUT2D eigenvalue weighted by atomic mass is 10.0. The van der Waals surface area contributed by atoms with E-state index in [1.165, 1.54) is 6.20 Å². The first-order chi connectivity index (χ1) is 7.99. The minimum atomic E-state index is -1.05. The first-order valence-electron chi connectivity index (χ1n) is 5.06. The predicted molar refractivity (Wildman–Crippen MR) is 62.9 cm³/mol. The van der Waals surface area contributed by atoms with Gasteiger partial charge in [-0.3, -0.25) is 5.32 Å².